The van der Waals surface area contributed by atoms with Gasteiger partial charge in [0.2, 0.25) is 0 Å². The number of hydrogen-bond acceptors (Lipinski definition) is 2. The van der Waals surface area contributed by atoms with E-state index < -0.39 is 6.17 Å². The van der Waals surface area contributed by atoms with Gasteiger partial charge in [0.05, 0.1) is 24.9 Å². The first-order valence-electron chi connectivity index (χ1n) is 4.93. The minimum absolute atomic E-state index is 0.0202. The van der Waals surface area contributed by atoms with Crippen molar-refractivity contribution in [2.45, 2.75) is 52.2 Å². The Kier molecular flexibility index (Phi) is 3.68. The summed E-state index contributed by atoms with van der Waals surface area (Å²) < 4.78 is 24.3. The second-order valence-corrected chi connectivity index (χ2v) is 4.00. The minimum Gasteiger partial charge on any atom is -0.375 e. The van der Waals surface area contributed by atoms with Gasteiger partial charge >= 0.3 is 0 Å². The molecule has 0 aromatic heterocycles. The van der Waals surface area contributed by atoms with Crippen LogP contribution in [0.4, 0.5) is 4.39 Å². The first-order valence-corrected chi connectivity index (χ1v) is 4.93. The highest BCUT2D eigenvalue weighted by Gasteiger charge is 2.32. The molecule has 0 spiro atoms. The van der Waals surface area contributed by atoms with E-state index in [9.17, 15) is 4.39 Å². The van der Waals surface area contributed by atoms with Crippen molar-refractivity contribution in [1.82, 2.24) is 0 Å². The molecule has 0 radical (unpaired) electrons. The van der Waals surface area contributed by atoms with Crippen molar-refractivity contribution in [3.05, 3.63) is 0 Å². The van der Waals surface area contributed by atoms with Crippen LogP contribution < -0.4 is 0 Å². The van der Waals surface area contributed by atoms with Gasteiger partial charge in [-0.15, -0.1) is 0 Å². The molecule has 1 aliphatic rings. The van der Waals surface area contributed by atoms with Crippen LogP contribution >= 0.6 is 0 Å². The smallest absolute Gasteiger partial charge is 0.124 e. The Hall–Kier alpha value is -0.150. The normalized spacial score (nSPS) is 44.1. The molecule has 13 heavy (non-hydrogen) atoms. The molecule has 0 aromatic rings. The molecule has 5 unspecified atom stereocenters. The fourth-order valence-corrected chi connectivity index (χ4v) is 1.59. The minimum atomic E-state index is -0.925. The van der Waals surface area contributed by atoms with Gasteiger partial charge in [0.15, 0.2) is 0 Å². The molecule has 0 aromatic carbocycles. The Balaban J connectivity index is 2.62. The first kappa shape index (κ1) is 10.9. The maximum atomic E-state index is 13.1. The van der Waals surface area contributed by atoms with E-state index in [0.717, 1.165) is 0 Å². The van der Waals surface area contributed by atoms with Gasteiger partial charge in [0, 0.05) is 5.92 Å². The Morgan fingerprint density at radius 3 is 2.38 bits per heavy atom. The highest BCUT2D eigenvalue weighted by Crippen LogP contribution is 2.22. The van der Waals surface area contributed by atoms with Gasteiger partial charge in [-0.25, -0.2) is 4.39 Å². The Bertz CT molecular complexity index is 161. The summed E-state index contributed by atoms with van der Waals surface area (Å²) in [6, 6.07) is 0. The summed E-state index contributed by atoms with van der Waals surface area (Å²) in [5.74, 6) is 0.132. The SMILES string of the molecule is CC(F)C1OC(C)C(C)OCC1C. The van der Waals surface area contributed by atoms with E-state index >= 15 is 0 Å². The van der Waals surface area contributed by atoms with E-state index in [0.29, 0.717) is 6.61 Å². The van der Waals surface area contributed by atoms with E-state index in [1.165, 1.54) is 0 Å². The number of halogens is 1. The van der Waals surface area contributed by atoms with Crippen LogP contribution in [0, 0.1) is 5.92 Å². The molecule has 1 rings (SSSR count). The highest BCUT2D eigenvalue weighted by molar-refractivity contribution is 4.78. The topological polar surface area (TPSA) is 18.5 Å². The predicted octanol–water partition coefficient (Wildman–Crippen LogP) is 2.17. The molecule has 1 heterocycles. The molecule has 5 atom stereocenters. The standard InChI is InChI=1S/C10H19FO2/c1-6-5-12-8(3)9(4)13-10(6)7(2)11/h6-10H,5H2,1-4H3. The van der Waals surface area contributed by atoms with Crippen molar-refractivity contribution in [3.63, 3.8) is 0 Å². The Morgan fingerprint density at radius 2 is 1.85 bits per heavy atom. The lowest BCUT2D eigenvalue weighted by atomic mass is 10.0. The van der Waals surface area contributed by atoms with E-state index in [4.69, 9.17) is 9.47 Å². The fraction of sp³-hybridized carbons (Fsp3) is 1.00. The van der Waals surface area contributed by atoms with Crippen molar-refractivity contribution in [1.29, 1.82) is 0 Å². The van der Waals surface area contributed by atoms with Gasteiger partial charge < -0.3 is 9.47 Å². The van der Waals surface area contributed by atoms with Gasteiger partial charge in [-0.1, -0.05) is 6.92 Å². The summed E-state index contributed by atoms with van der Waals surface area (Å²) in [5, 5.41) is 0. The zero-order chi connectivity index (χ0) is 10.0. The third-order valence-corrected chi connectivity index (χ3v) is 2.67. The maximum absolute atomic E-state index is 13.1. The first-order chi connectivity index (χ1) is 6.02. The van der Waals surface area contributed by atoms with E-state index in [1.807, 2.05) is 20.8 Å². The largest absolute Gasteiger partial charge is 0.375 e. The summed E-state index contributed by atoms with van der Waals surface area (Å²) in [4.78, 5) is 0. The van der Waals surface area contributed by atoms with Gasteiger partial charge in [0.25, 0.3) is 0 Å². The lowest BCUT2D eigenvalue weighted by Gasteiger charge is -2.24. The van der Waals surface area contributed by atoms with Crippen molar-refractivity contribution in [2.75, 3.05) is 6.61 Å². The molecule has 0 aliphatic carbocycles. The van der Waals surface area contributed by atoms with E-state index in [2.05, 4.69) is 0 Å². The Morgan fingerprint density at radius 1 is 1.23 bits per heavy atom. The summed E-state index contributed by atoms with van der Waals surface area (Å²) in [7, 11) is 0. The predicted molar refractivity (Wildman–Crippen MR) is 49.5 cm³/mol. The van der Waals surface area contributed by atoms with Crippen LogP contribution in [0.15, 0.2) is 0 Å². The van der Waals surface area contributed by atoms with E-state index in [1.54, 1.807) is 6.92 Å². The second kappa shape index (κ2) is 4.38. The number of hydrogen-bond donors (Lipinski definition) is 0. The van der Waals surface area contributed by atoms with Gasteiger partial charge in [-0.05, 0) is 20.8 Å². The zero-order valence-electron chi connectivity index (χ0n) is 8.79. The van der Waals surface area contributed by atoms with Crippen LogP contribution in [0.2, 0.25) is 0 Å². The van der Waals surface area contributed by atoms with Gasteiger partial charge in [0.1, 0.15) is 6.17 Å². The van der Waals surface area contributed by atoms with Crippen molar-refractivity contribution in [2.24, 2.45) is 5.92 Å². The molecule has 3 heteroatoms. The quantitative estimate of drug-likeness (QED) is 0.631. The average molecular weight is 190 g/mol. The summed E-state index contributed by atoms with van der Waals surface area (Å²) in [5.41, 5.74) is 0. The van der Waals surface area contributed by atoms with Crippen molar-refractivity contribution in [3.8, 4) is 0 Å². The molecule has 78 valence electrons. The number of alkyl halides is 1. The van der Waals surface area contributed by atoms with Gasteiger partial charge in [-0.2, -0.15) is 0 Å². The molecular weight excluding hydrogens is 171 g/mol. The van der Waals surface area contributed by atoms with Crippen LogP contribution in [0.1, 0.15) is 27.7 Å². The monoisotopic (exact) mass is 190 g/mol. The molecule has 0 N–H and O–H groups in total. The van der Waals surface area contributed by atoms with Crippen molar-refractivity contribution >= 4 is 0 Å². The number of ether oxygens (including phenoxy) is 2. The lowest BCUT2D eigenvalue weighted by Crippen LogP contribution is -2.34. The second-order valence-electron chi connectivity index (χ2n) is 4.00. The average Bonchev–Trinajstić information content (AvgIpc) is 2.18. The van der Waals surface area contributed by atoms with Crippen molar-refractivity contribution < 1.29 is 13.9 Å². The highest BCUT2D eigenvalue weighted by atomic mass is 19.1. The molecule has 1 fully saturated rings. The fourth-order valence-electron chi connectivity index (χ4n) is 1.59. The Labute approximate surface area is 79.4 Å². The molecule has 0 saturated carbocycles. The summed E-state index contributed by atoms with van der Waals surface area (Å²) >= 11 is 0. The van der Waals surface area contributed by atoms with Crippen LogP contribution in [0.3, 0.4) is 0 Å². The molecule has 0 bridgehead atoms. The number of rotatable bonds is 1. The third-order valence-electron chi connectivity index (χ3n) is 2.67. The van der Waals surface area contributed by atoms with E-state index in [-0.39, 0.29) is 24.2 Å². The van der Waals surface area contributed by atoms with Crippen LogP contribution in [0.5, 0.6) is 0 Å². The molecule has 1 aliphatic heterocycles. The molecular formula is C10H19FO2. The molecule has 1 saturated heterocycles. The van der Waals surface area contributed by atoms with Crippen LogP contribution in [0.25, 0.3) is 0 Å². The summed E-state index contributed by atoms with van der Waals surface area (Å²) in [6.45, 7) is 7.99. The maximum Gasteiger partial charge on any atom is 0.124 e. The van der Waals surface area contributed by atoms with Crippen LogP contribution in [-0.4, -0.2) is 31.1 Å². The van der Waals surface area contributed by atoms with Crippen LogP contribution in [-0.2, 0) is 9.47 Å². The third kappa shape index (κ3) is 2.64. The lowest BCUT2D eigenvalue weighted by molar-refractivity contribution is -0.0714. The molecule has 2 nitrogen and oxygen atoms in total. The molecule has 0 amide bonds. The van der Waals surface area contributed by atoms with Gasteiger partial charge in [-0.3, -0.25) is 0 Å². The zero-order valence-corrected chi connectivity index (χ0v) is 8.79. The summed E-state index contributed by atoms with van der Waals surface area (Å²) in [6.07, 6.45) is -1.20.